The third-order valence-electron chi connectivity index (χ3n) is 4.12. The number of rotatable bonds is 10. The first-order valence-electron chi connectivity index (χ1n) is 7.77. The second-order valence-corrected chi connectivity index (χ2v) is 5.60. The van der Waals surface area contributed by atoms with Crippen LogP contribution in [0.3, 0.4) is 0 Å². The predicted octanol–water partition coefficient (Wildman–Crippen LogP) is 1.75. The van der Waals surface area contributed by atoms with Crippen LogP contribution in [0.15, 0.2) is 0 Å². The minimum absolute atomic E-state index is 0.522. The first-order chi connectivity index (χ1) is 9.22. The van der Waals surface area contributed by atoms with Crippen molar-refractivity contribution in [3.05, 3.63) is 0 Å². The maximum absolute atomic E-state index is 5.67. The lowest BCUT2D eigenvalue weighted by molar-refractivity contribution is 0.101. The molecule has 0 aromatic carbocycles. The van der Waals surface area contributed by atoms with Gasteiger partial charge >= 0.3 is 0 Å². The van der Waals surface area contributed by atoms with Gasteiger partial charge in [-0.25, -0.2) is 0 Å². The number of ether oxygens (including phenoxy) is 2. The van der Waals surface area contributed by atoms with Crippen LogP contribution in [0.25, 0.3) is 0 Å². The molecule has 1 saturated heterocycles. The van der Waals surface area contributed by atoms with E-state index in [1.807, 2.05) is 0 Å². The summed E-state index contributed by atoms with van der Waals surface area (Å²) in [4.78, 5) is 2.55. The van der Waals surface area contributed by atoms with Gasteiger partial charge in [0.1, 0.15) is 0 Å². The first-order valence-corrected chi connectivity index (χ1v) is 7.77. The van der Waals surface area contributed by atoms with Gasteiger partial charge in [0.2, 0.25) is 0 Å². The summed E-state index contributed by atoms with van der Waals surface area (Å²) < 4.78 is 10.9. The number of hydrogen-bond acceptors (Lipinski definition) is 4. The van der Waals surface area contributed by atoms with Crippen LogP contribution in [0.4, 0.5) is 0 Å². The summed E-state index contributed by atoms with van der Waals surface area (Å²) in [5, 5.41) is 3.62. The highest BCUT2D eigenvalue weighted by atomic mass is 16.5. The molecule has 1 rings (SSSR count). The van der Waals surface area contributed by atoms with Crippen LogP contribution in [-0.4, -0.2) is 63.5 Å². The van der Waals surface area contributed by atoms with E-state index in [0.717, 1.165) is 39.5 Å². The minimum atomic E-state index is 0.522. The summed E-state index contributed by atoms with van der Waals surface area (Å²) in [5.74, 6) is 0.609. The summed E-state index contributed by atoms with van der Waals surface area (Å²) in [5.41, 5.74) is 0. The molecular formula is C15H32N2O2. The van der Waals surface area contributed by atoms with Crippen LogP contribution in [0.1, 0.15) is 33.6 Å². The molecule has 4 nitrogen and oxygen atoms in total. The van der Waals surface area contributed by atoms with E-state index < -0.39 is 0 Å². The van der Waals surface area contributed by atoms with Gasteiger partial charge in [0.25, 0.3) is 0 Å². The standard InChI is InChI=1S/C15H32N2O2/c1-5-7-16-15-12-19-11-14(15)10-17(8-9-18-4)13(3)6-2/h13-16H,5-12H2,1-4H3. The lowest BCUT2D eigenvalue weighted by atomic mass is 10.0. The fourth-order valence-electron chi connectivity index (χ4n) is 2.59. The summed E-state index contributed by atoms with van der Waals surface area (Å²) in [7, 11) is 1.78. The highest BCUT2D eigenvalue weighted by molar-refractivity contribution is 4.84. The Morgan fingerprint density at radius 1 is 1.37 bits per heavy atom. The van der Waals surface area contributed by atoms with Crippen molar-refractivity contribution in [2.45, 2.75) is 45.7 Å². The van der Waals surface area contributed by atoms with Gasteiger partial charge < -0.3 is 14.8 Å². The average molecular weight is 272 g/mol. The molecule has 1 N–H and O–H groups in total. The molecule has 0 radical (unpaired) electrons. The molecular weight excluding hydrogens is 240 g/mol. The van der Waals surface area contributed by atoms with Crippen molar-refractivity contribution in [1.29, 1.82) is 0 Å². The van der Waals surface area contributed by atoms with E-state index >= 15 is 0 Å². The quantitative estimate of drug-likeness (QED) is 0.657. The van der Waals surface area contributed by atoms with Gasteiger partial charge in [-0.2, -0.15) is 0 Å². The van der Waals surface area contributed by atoms with Gasteiger partial charge in [-0.15, -0.1) is 0 Å². The molecule has 0 saturated carbocycles. The molecule has 0 bridgehead atoms. The molecule has 1 aliphatic rings. The van der Waals surface area contributed by atoms with Gasteiger partial charge in [0.15, 0.2) is 0 Å². The Labute approximate surface area is 118 Å². The molecule has 3 unspecified atom stereocenters. The molecule has 3 atom stereocenters. The van der Waals surface area contributed by atoms with Crippen molar-refractivity contribution < 1.29 is 9.47 Å². The maximum atomic E-state index is 5.67. The van der Waals surface area contributed by atoms with Crippen molar-refractivity contribution in [3.63, 3.8) is 0 Å². The molecule has 114 valence electrons. The van der Waals surface area contributed by atoms with E-state index in [-0.39, 0.29) is 0 Å². The lowest BCUT2D eigenvalue weighted by Crippen LogP contribution is -2.45. The van der Waals surface area contributed by atoms with E-state index in [9.17, 15) is 0 Å². The summed E-state index contributed by atoms with van der Waals surface area (Å²) in [6, 6.07) is 1.14. The molecule has 0 aromatic heterocycles. The van der Waals surface area contributed by atoms with Crippen molar-refractivity contribution in [3.8, 4) is 0 Å². The normalized spacial score (nSPS) is 25.1. The Morgan fingerprint density at radius 3 is 2.79 bits per heavy atom. The number of nitrogens with zero attached hydrogens (tertiary/aromatic N) is 1. The molecule has 4 heteroatoms. The third kappa shape index (κ3) is 5.78. The Balaban J connectivity index is 2.46. The molecule has 19 heavy (non-hydrogen) atoms. The van der Waals surface area contributed by atoms with Crippen LogP contribution in [0, 0.1) is 5.92 Å². The first kappa shape index (κ1) is 16.9. The second-order valence-electron chi connectivity index (χ2n) is 5.60. The van der Waals surface area contributed by atoms with Crippen molar-refractivity contribution in [1.82, 2.24) is 10.2 Å². The molecule has 0 spiro atoms. The van der Waals surface area contributed by atoms with E-state index in [2.05, 4.69) is 31.0 Å². The van der Waals surface area contributed by atoms with Gasteiger partial charge in [0.05, 0.1) is 19.8 Å². The van der Waals surface area contributed by atoms with Crippen LogP contribution in [-0.2, 0) is 9.47 Å². The van der Waals surface area contributed by atoms with Crippen LogP contribution < -0.4 is 5.32 Å². The Morgan fingerprint density at radius 2 is 2.16 bits per heavy atom. The van der Waals surface area contributed by atoms with Crippen LogP contribution in [0.5, 0.6) is 0 Å². The SMILES string of the molecule is CCCNC1COCC1CN(CCOC)C(C)CC. The fraction of sp³-hybridized carbons (Fsp3) is 1.00. The number of methoxy groups -OCH3 is 1. The molecule has 0 aliphatic carbocycles. The zero-order valence-electron chi connectivity index (χ0n) is 13.2. The van der Waals surface area contributed by atoms with Gasteiger partial charge in [-0.05, 0) is 26.3 Å². The Hall–Kier alpha value is -0.160. The summed E-state index contributed by atoms with van der Waals surface area (Å²) in [6.07, 6.45) is 2.37. The molecule has 0 aromatic rings. The minimum Gasteiger partial charge on any atom is -0.383 e. The zero-order valence-corrected chi connectivity index (χ0v) is 13.2. The number of hydrogen-bond donors (Lipinski definition) is 1. The topological polar surface area (TPSA) is 33.7 Å². The predicted molar refractivity (Wildman–Crippen MR) is 79.6 cm³/mol. The monoisotopic (exact) mass is 272 g/mol. The Kier molecular flexibility index (Phi) is 8.62. The van der Waals surface area contributed by atoms with Crippen molar-refractivity contribution in [2.75, 3.05) is 46.6 Å². The van der Waals surface area contributed by atoms with Crippen molar-refractivity contribution in [2.24, 2.45) is 5.92 Å². The molecule has 0 amide bonds. The molecule has 1 aliphatic heterocycles. The summed E-state index contributed by atoms with van der Waals surface area (Å²) in [6.45, 7) is 12.5. The maximum Gasteiger partial charge on any atom is 0.0623 e. The zero-order chi connectivity index (χ0) is 14.1. The van der Waals surface area contributed by atoms with E-state index in [4.69, 9.17) is 9.47 Å². The number of nitrogens with one attached hydrogen (secondary N) is 1. The smallest absolute Gasteiger partial charge is 0.0623 e. The lowest BCUT2D eigenvalue weighted by Gasteiger charge is -2.32. The highest BCUT2D eigenvalue weighted by Crippen LogP contribution is 2.17. The third-order valence-corrected chi connectivity index (χ3v) is 4.12. The highest BCUT2D eigenvalue weighted by Gasteiger charge is 2.30. The Bertz CT molecular complexity index is 226. The second kappa shape index (κ2) is 9.70. The van der Waals surface area contributed by atoms with Crippen molar-refractivity contribution >= 4 is 0 Å². The van der Waals surface area contributed by atoms with Crippen LogP contribution >= 0.6 is 0 Å². The van der Waals surface area contributed by atoms with Gasteiger partial charge in [-0.1, -0.05) is 13.8 Å². The molecule has 1 heterocycles. The van der Waals surface area contributed by atoms with E-state index in [1.54, 1.807) is 7.11 Å². The average Bonchev–Trinajstić information content (AvgIpc) is 2.87. The largest absolute Gasteiger partial charge is 0.383 e. The fourth-order valence-corrected chi connectivity index (χ4v) is 2.59. The molecule has 1 fully saturated rings. The van der Waals surface area contributed by atoms with Crippen LogP contribution in [0.2, 0.25) is 0 Å². The van der Waals surface area contributed by atoms with Gasteiger partial charge in [0, 0.05) is 38.2 Å². The van der Waals surface area contributed by atoms with E-state index in [0.29, 0.717) is 18.0 Å². The van der Waals surface area contributed by atoms with E-state index in [1.165, 1.54) is 12.8 Å². The van der Waals surface area contributed by atoms with Gasteiger partial charge in [-0.3, -0.25) is 4.90 Å². The summed E-state index contributed by atoms with van der Waals surface area (Å²) >= 11 is 0.